The molecule has 1 saturated carbocycles. The molecule has 1 aromatic rings. The molecule has 0 spiro atoms. The van der Waals surface area contributed by atoms with Gasteiger partial charge in [0, 0.05) is 12.0 Å². The van der Waals surface area contributed by atoms with Crippen molar-refractivity contribution in [1.29, 1.82) is 0 Å². The molecule has 2 rings (SSSR count). The molecule has 1 aliphatic carbocycles. The summed E-state index contributed by atoms with van der Waals surface area (Å²) in [5.74, 6) is -2.70. The highest BCUT2D eigenvalue weighted by molar-refractivity contribution is 5.84. The van der Waals surface area contributed by atoms with Crippen LogP contribution in [-0.2, 0) is 15.8 Å². The Bertz CT molecular complexity index is 615. The Hall–Kier alpha value is -2.05. The molecule has 0 aromatic heterocycles. The zero-order chi connectivity index (χ0) is 17.4. The minimum Gasteiger partial charge on any atom is -0.481 e. The highest BCUT2D eigenvalue weighted by Gasteiger charge is 2.45. The molecule has 0 heterocycles. The first-order valence-corrected chi connectivity index (χ1v) is 7.31. The highest BCUT2D eigenvalue weighted by Crippen LogP contribution is 2.48. The van der Waals surface area contributed by atoms with E-state index in [1.54, 1.807) is 13.0 Å². The summed E-state index contributed by atoms with van der Waals surface area (Å²) in [7, 11) is 0. The number of carboxylic acid groups (broad SMARTS) is 1. The monoisotopic (exact) mass is 329 g/mol. The summed E-state index contributed by atoms with van der Waals surface area (Å²) >= 11 is 0. The Morgan fingerprint density at radius 3 is 2.52 bits per heavy atom. The Kier molecular flexibility index (Phi) is 4.68. The summed E-state index contributed by atoms with van der Waals surface area (Å²) in [6.45, 7) is 3.09. The van der Waals surface area contributed by atoms with Crippen LogP contribution < -0.4 is 5.32 Å². The molecule has 1 aliphatic rings. The van der Waals surface area contributed by atoms with Crippen LogP contribution in [0.4, 0.5) is 13.2 Å². The third-order valence-electron chi connectivity index (χ3n) is 4.28. The van der Waals surface area contributed by atoms with Crippen LogP contribution in [-0.4, -0.2) is 23.0 Å². The minimum absolute atomic E-state index is 0.246. The van der Waals surface area contributed by atoms with Crippen molar-refractivity contribution in [2.45, 2.75) is 38.4 Å². The Morgan fingerprint density at radius 1 is 1.30 bits per heavy atom. The number of hydrogen-bond acceptors (Lipinski definition) is 2. The summed E-state index contributed by atoms with van der Waals surface area (Å²) in [4.78, 5) is 22.9. The zero-order valence-corrected chi connectivity index (χ0v) is 12.7. The van der Waals surface area contributed by atoms with Gasteiger partial charge >= 0.3 is 12.1 Å². The quantitative estimate of drug-likeness (QED) is 0.872. The number of nitrogens with one attached hydrogen (secondary N) is 1. The molecule has 0 aliphatic heterocycles. The number of benzene rings is 1. The molecule has 0 radical (unpaired) electrons. The number of rotatable bonds is 5. The zero-order valence-electron chi connectivity index (χ0n) is 12.7. The van der Waals surface area contributed by atoms with Gasteiger partial charge in [-0.25, -0.2) is 0 Å². The van der Waals surface area contributed by atoms with Crippen LogP contribution in [0.5, 0.6) is 0 Å². The number of carboxylic acids is 1. The number of carbonyl (C=O) groups excluding carboxylic acids is 1. The fourth-order valence-corrected chi connectivity index (χ4v) is 2.47. The summed E-state index contributed by atoms with van der Waals surface area (Å²) in [6.07, 6.45) is -3.94. The van der Waals surface area contributed by atoms with E-state index in [-0.39, 0.29) is 11.8 Å². The van der Waals surface area contributed by atoms with Crippen molar-refractivity contribution < 1.29 is 27.9 Å². The lowest BCUT2D eigenvalue weighted by atomic mass is 10.0. The molecule has 4 atom stereocenters. The Morgan fingerprint density at radius 2 is 1.96 bits per heavy atom. The van der Waals surface area contributed by atoms with Crippen molar-refractivity contribution in [1.82, 2.24) is 5.32 Å². The molecule has 0 bridgehead atoms. The van der Waals surface area contributed by atoms with Crippen molar-refractivity contribution in [3.63, 3.8) is 0 Å². The van der Waals surface area contributed by atoms with E-state index in [1.165, 1.54) is 13.0 Å². The van der Waals surface area contributed by atoms with Gasteiger partial charge in [0.15, 0.2) is 0 Å². The minimum atomic E-state index is -4.41. The predicted molar refractivity (Wildman–Crippen MR) is 76.7 cm³/mol. The molecule has 1 aromatic carbocycles. The molecule has 4 nitrogen and oxygen atoms in total. The van der Waals surface area contributed by atoms with E-state index in [0.717, 1.165) is 12.1 Å². The Labute approximate surface area is 131 Å². The second-order valence-electron chi connectivity index (χ2n) is 6.00. The first-order valence-electron chi connectivity index (χ1n) is 7.31. The molecule has 1 fully saturated rings. The average molecular weight is 329 g/mol. The number of hydrogen-bond donors (Lipinski definition) is 2. The molecular formula is C16H18F3NO3. The van der Waals surface area contributed by atoms with E-state index >= 15 is 0 Å². The van der Waals surface area contributed by atoms with Gasteiger partial charge in [0.25, 0.3) is 0 Å². The normalized spacial score (nSPS) is 23.0. The van der Waals surface area contributed by atoms with Gasteiger partial charge in [-0.15, -0.1) is 0 Å². The maximum absolute atomic E-state index is 12.7. The topological polar surface area (TPSA) is 66.4 Å². The second-order valence-corrected chi connectivity index (χ2v) is 6.00. The maximum atomic E-state index is 12.7. The lowest BCUT2D eigenvalue weighted by Gasteiger charge is -2.17. The summed E-state index contributed by atoms with van der Waals surface area (Å²) in [5, 5.41) is 11.5. The van der Waals surface area contributed by atoms with Gasteiger partial charge in [-0.3, -0.25) is 9.59 Å². The van der Waals surface area contributed by atoms with E-state index in [2.05, 4.69) is 5.32 Å². The fourth-order valence-electron chi connectivity index (χ4n) is 2.47. The SMILES string of the molecule is CC(NC(=O)C1CC1c1cccc(C(F)(F)F)c1)C(C)C(=O)O. The van der Waals surface area contributed by atoms with Crippen LogP contribution in [0.2, 0.25) is 0 Å². The van der Waals surface area contributed by atoms with E-state index < -0.39 is 35.6 Å². The van der Waals surface area contributed by atoms with E-state index in [1.807, 2.05) is 0 Å². The molecule has 23 heavy (non-hydrogen) atoms. The van der Waals surface area contributed by atoms with Gasteiger partial charge in [0.1, 0.15) is 0 Å². The van der Waals surface area contributed by atoms with E-state index in [0.29, 0.717) is 12.0 Å². The van der Waals surface area contributed by atoms with Crippen LogP contribution in [0, 0.1) is 11.8 Å². The molecule has 0 saturated heterocycles. The first-order chi connectivity index (χ1) is 10.6. The second kappa shape index (κ2) is 6.22. The highest BCUT2D eigenvalue weighted by atomic mass is 19.4. The van der Waals surface area contributed by atoms with Crippen LogP contribution in [0.25, 0.3) is 0 Å². The lowest BCUT2D eigenvalue weighted by Crippen LogP contribution is -2.40. The predicted octanol–water partition coefficient (Wildman–Crippen LogP) is 3.03. The van der Waals surface area contributed by atoms with Crippen molar-refractivity contribution in [3.05, 3.63) is 35.4 Å². The first kappa shape index (κ1) is 17.3. The van der Waals surface area contributed by atoms with Crippen LogP contribution in [0.3, 0.4) is 0 Å². The van der Waals surface area contributed by atoms with Crippen molar-refractivity contribution >= 4 is 11.9 Å². The fraction of sp³-hybridized carbons (Fsp3) is 0.500. The van der Waals surface area contributed by atoms with Gasteiger partial charge < -0.3 is 10.4 Å². The summed E-state index contributed by atoms with van der Waals surface area (Å²) in [6, 6.07) is 4.44. The smallest absolute Gasteiger partial charge is 0.416 e. The van der Waals surface area contributed by atoms with Gasteiger partial charge in [0.2, 0.25) is 5.91 Å². The van der Waals surface area contributed by atoms with E-state index in [9.17, 15) is 22.8 Å². The van der Waals surface area contributed by atoms with Crippen molar-refractivity contribution in [2.24, 2.45) is 11.8 Å². The average Bonchev–Trinajstić information content (AvgIpc) is 3.26. The van der Waals surface area contributed by atoms with E-state index in [4.69, 9.17) is 5.11 Å². The third kappa shape index (κ3) is 4.03. The third-order valence-corrected chi connectivity index (χ3v) is 4.28. The number of halogens is 3. The molecule has 126 valence electrons. The lowest BCUT2D eigenvalue weighted by molar-refractivity contribution is -0.142. The van der Waals surface area contributed by atoms with Gasteiger partial charge in [0.05, 0.1) is 11.5 Å². The van der Waals surface area contributed by atoms with Gasteiger partial charge in [-0.05, 0) is 37.8 Å². The van der Waals surface area contributed by atoms with Crippen molar-refractivity contribution in [3.8, 4) is 0 Å². The van der Waals surface area contributed by atoms with Crippen molar-refractivity contribution in [2.75, 3.05) is 0 Å². The van der Waals surface area contributed by atoms with Gasteiger partial charge in [-0.1, -0.05) is 18.2 Å². The number of aliphatic carboxylic acids is 1. The number of amides is 1. The van der Waals surface area contributed by atoms with Crippen LogP contribution >= 0.6 is 0 Å². The summed E-state index contributed by atoms with van der Waals surface area (Å²) < 4.78 is 38.1. The summed E-state index contributed by atoms with van der Waals surface area (Å²) in [5.41, 5.74) is -0.243. The molecule has 2 N–H and O–H groups in total. The molecule has 1 amide bonds. The van der Waals surface area contributed by atoms with Gasteiger partial charge in [-0.2, -0.15) is 13.2 Å². The Balaban J connectivity index is 1.99. The van der Waals surface area contributed by atoms with Crippen LogP contribution in [0.15, 0.2) is 24.3 Å². The largest absolute Gasteiger partial charge is 0.481 e. The molecular weight excluding hydrogens is 311 g/mol. The number of carbonyl (C=O) groups is 2. The standard InChI is InChI=1S/C16H18F3NO3/c1-8(15(22)23)9(2)20-14(21)13-7-12(13)10-4-3-5-11(6-10)16(17,18)19/h3-6,8-9,12-13H,7H2,1-2H3,(H,20,21)(H,22,23). The maximum Gasteiger partial charge on any atom is 0.416 e. The molecule has 7 heteroatoms. The molecule has 4 unspecified atom stereocenters. The number of alkyl halides is 3. The van der Waals surface area contributed by atoms with Crippen LogP contribution in [0.1, 0.15) is 37.3 Å².